The van der Waals surface area contributed by atoms with Crippen molar-refractivity contribution in [2.45, 2.75) is 33.7 Å². The molecule has 4 rings (SSSR count). The standard InChI is InChI=1S/C25H28ClN5O2/c1-6-30(7-2)25(32)15(3)22-24-29-28-16(4)31(24)21-13-12-19(33-5)14-20(21)23(27-22)17-8-10-18(26)11-9-17/h8-15,22H,6-7H2,1-5H3/t15-,22+/m1/s1. The predicted molar refractivity (Wildman–Crippen MR) is 130 cm³/mol. The van der Waals surface area contributed by atoms with Gasteiger partial charge in [0, 0.05) is 29.2 Å². The Morgan fingerprint density at radius 2 is 1.85 bits per heavy atom. The molecule has 1 aliphatic heterocycles. The number of halogens is 1. The number of aliphatic imine (C=N–C) groups is 1. The molecule has 0 saturated carbocycles. The van der Waals surface area contributed by atoms with Gasteiger partial charge in [-0.3, -0.25) is 14.4 Å². The molecule has 0 spiro atoms. The second-order valence-electron chi connectivity index (χ2n) is 8.05. The van der Waals surface area contributed by atoms with Gasteiger partial charge in [0.05, 0.1) is 24.4 Å². The van der Waals surface area contributed by atoms with E-state index in [1.807, 2.05) is 79.6 Å². The number of carbonyl (C=O) groups is 1. The molecule has 2 atom stereocenters. The third-order valence-electron chi connectivity index (χ3n) is 6.14. The molecule has 2 heterocycles. The first-order chi connectivity index (χ1) is 15.9. The van der Waals surface area contributed by atoms with Crippen molar-refractivity contribution in [2.24, 2.45) is 10.9 Å². The molecule has 7 nitrogen and oxygen atoms in total. The summed E-state index contributed by atoms with van der Waals surface area (Å²) in [5.41, 5.74) is 3.44. The van der Waals surface area contributed by atoms with Gasteiger partial charge in [0.1, 0.15) is 17.6 Å². The van der Waals surface area contributed by atoms with E-state index in [1.54, 1.807) is 7.11 Å². The molecule has 0 N–H and O–H groups in total. The molecule has 2 aromatic carbocycles. The number of nitrogens with zero attached hydrogens (tertiary/aromatic N) is 5. The highest BCUT2D eigenvalue weighted by Gasteiger charge is 2.36. The lowest BCUT2D eigenvalue weighted by atomic mass is 9.98. The van der Waals surface area contributed by atoms with Gasteiger partial charge in [-0.05, 0) is 51.1 Å². The molecular weight excluding hydrogens is 438 g/mol. The summed E-state index contributed by atoms with van der Waals surface area (Å²) in [5.74, 6) is 1.71. The Morgan fingerprint density at radius 3 is 2.48 bits per heavy atom. The second kappa shape index (κ2) is 9.35. The predicted octanol–water partition coefficient (Wildman–Crippen LogP) is 4.63. The highest BCUT2D eigenvalue weighted by atomic mass is 35.5. The molecule has 0 aliphatic carbocycles. The lowest BCUT2D eigenvalue weighted by molar-refractivity contribution is -0.135. The molecule has 0 unspecified atom stereocenters. The fourth-order valence-corrected chi connectivity index (χ4v) is 4.42. The minimum atomic E-state index is -0.511. The minimum absolute atomic E-state index is 0.0416. The van der Waals surface area contributed by atoms with Gasteiger partial charge in [-0.15, -0.1) is 10.2 Å². The van der Waals surface area contributed by atoms with Gasteiger partial charge in [-0.25, -0.2) is 0 Å². The van der Waals surface area contributed by atoms with Crippen LogP contribution in [0, 0.1) is 12.8 Å². The molecule has 0 fully saturated rings. The molecule has 1 aromatic heterocycles. The maximum Gasteiger partial charge on any atom is 0.228 e. The largest absolute Gasteiger partial charge is 0.497 e. The van der Waals surface area contributed by atoms with Crippen molar-refractivity contribution in [2.75, 3.05) is 20.2 Å². The van der Waals surface area contributed by atoms with E-state index in [0.29, 0.717) is 29.7 Å². The van der Waals surface area contributed by atoms with Crippen molar-refractivity contribution < 1.29 is 9.53 Å². The lowest BCUT2D eigenvalue weighted by Crippen LogP contribution is -2.37. The summed E-state index contributed by atoms with van der Waals surface area (Å²) < 4.78 is 7.52. The zero-order valence-electron chi connectivity index (χ0n) is 19.5. The zero-order valence-corrected chi connectivity index (χ0v) is 20.3. The Labute approximate surface area is 199 Å². The Kier molecular flexibility index (Phi) is 6.51. The fraction of sp³-hybridized carbons (Fsp3) is 0.360. The maximum absolute atomic E-state index is 13.4. The van der Waals surface area contributed by atoms with Gasteiger partial charge in [0.2, 0.25) is 5.91 Å². The van der Waals surface area contributed by atoms with Gasteiger partial charge < -0.3 is 9.64 Å². The highest BCUT2D eigenvalue weighted by Crippen LogP contribution is 2.36. The van der Waals surface area contributed by atoms with Crippen LogP contribution in [0.5, 0.6) is 5.75 Å². The summed E-state index contributed by atoms with van der Waals surface area (Å²) in [6.45, 7) is 9.08. The van der Waals surface area contributed by atoms with Crippen LogP contribution in [0.1, 0.15) is 49.6 Å². The number of aryl methyl sites for hydroxylation is 1. The molecule has 1 aliphatic rings. The van der Waals surface area contributed by atoms with E-state index in [1.165, 1.54) is 0 Å². The average molecular weight is 466 g/mol. The van der Waals surface area contributed by atoms with E-state index in [9.17, 15) is 4.79 Å². The summed E-state index contributed by atoms with van der Waals surface area (Å²) in [6.07, 6.45) is 0. The highest BCUT2D eigenvalue weighted by molar-refractivity contribution is 6.30. The van der Waals surface area contributed by atoms with Gasteiger partial charge in [-0.1, -0.05) is 30.7 Å². The van der Waals surface area contributed by atoms with Crippen LogP contribution < -0.4 is 4.74 Å². The summed E-state index contributed by atoms with van der Waals surface area (Å²) in [6, 6.07) is 12.9. The number of hydrogen-bond acceptors (Lipinski definition) is 5. The van der Waals surface area contributed by atoms with Crippen molar-refractivity contribution in [3.63, 3.8) is 0 Å². The lowest BCUT2D eigenvalue weighted by Gasteiger charge is -2.26. The number of amides is 1. The molecular formula is C25H28ClN5O2. The number of ether oxygens (including phenoxy) is 1. The molecule has 3 aromatic rings. The molecule has 0 radical (unpaired) electrons. The van der Waals surface area contributed by atoms with Crippen LogP contribution in [0.15, 0.2) is 47.5 Å². The zero-order chi connectivity index (χ0) is 23.7. The van der Waals surface area contributed by atoms with Gasteiger partial charge >= 0.3 is 0 Å². The second-order valence-corrected chi connectivity index (χ2v) is 8.49. The first-order valence-corrected chi connectivity index (χ1v) is 11.5. The van der Waals surface area contributed by atoms with Crippen molar-refractivity contribution in [3.8, 4) is 11.4 Å². The van der Waals surface area contributed by atoms with Crippen molar-refractivity contribution in [1.29, 1.82) is 0 Å². The Morgan fingerprint density at radius 1 is 1.15 bits per heavy atom. The van der Waals surface area contributed by atoms with Crippen LogP contribution in [0.25, 0.3) is 5.69 Å². The molecule has 33 heavy (non-hydrogen) atoms. The Balaban J connectivity index is 1.98. The molecule has 0 saturated heterocycles. The summed E-state index contributed by atoms with van der Waals surface area (Å²) in [5, 5.41) is 9.46. The molecule has 1 amide bonds. The van der Waals surface area contributed by atoms with Crippen LogP contribution in [0.4, 0.5) is 0 Å². The normalized spacial score (nSPS) is 15.7. The van der Waals surface area contributed by atoms with E-state index in [4.69, 9.17) is 21.3 Å². The number of benzene rings is 2. The average Bonchev–Trinajstić information content (AvgIpc) is 3.14. The van der Waals surface area contributed by atoms with E-state index in [0.717, 1.165) is 28.4 Å². The minimum Gasteiger partial charge on any atom is -0.497 e. The number of rotatable bonds is 6. The summed E-state index contributed by atoms with van der Waals surface area (Å²) >= 11 is 6.16. The number of fused-ring (bicyclic) bond motifs is 3. The number of aromatic nitrogens is 3. The summed E-state index contributed by atoms with van der Waals surface area (Å²) in [7, 11) is 1.64. The fourth-order valence-electron chi connectivity index (χ4n) is 4.29. The van der Waals surface area contributed by atoms with Crippen LogP contribution in [0.3, 0.4) is 0 Å². The molecule has 172 valence electrons. The topological polar surface area (TPSA) is 72.6 Å². The third-order valence-corrected chi connectivity index (χ3v) is 6.39. The number of hydrogen-bond donors (Lipinski definition) is 0. The first kappa shape index (κ1) is 23.0. The van der Waals surface area contributed by atoms with Crippen LogP contribution >= 0.6 is 11.6 Å². The van der Waals surface area contributed by atoms with Crippen molar-refractivity contribution in [1.82, 2.24) is 19.7 Å². The Hall–Kier alpha value is -3.19. The SMILES string of the molecule is CCN(CC)C(=O)[C@H](C)[C@@H]1N=C(c2ccc(Cl)cc2)c2cc(OC)ccc2-n2c(C)nnc21. The van der Waals surface area contributed by atoms with E-state index in [2.05, 4.69) is 10.2 Å². The maximum atomic E-state index is 13.4. The molecule has 0 bridgehead atoms. The van der Waals surface area contributed by atoms with Crippen molar-refractivity contribution >= 4 is 23.2 Å². The van der Waals surface area contributed by atoms with E-state index >= 15 is 0 Å². The van der Waals surface area contributed by atoms with E-state index < -0.39 is 12.0 Å². The van der Waals surface area contributed by atoms with Crippen LogP contribution in [-0.4, -0.2) is 51.5 Å². The van der Waals surface area contributed by atoms with Crippen LogP contribution in [0.2, 0.25) is 5.02 Å². The Bertz CT molecular complexity index is 1200. The number of methoxy groups -OCH3 is 1. The molecule has 8 heteroatoms. The van der Waals surface area contributed by atoms with Gasteiger partial charge in [0.15, 0.2) is 5.82 Å². The van der Waals surface area contributed by atoms with Gasteiger partial charge in [0.25, 0.3) is 0 Å². The summed E-state index contributed by atoms with van der Waals surface area (Å²) in [4.78, 5) is 20.4. The number of carbonyl (C=O) groups excluding carboxylic acids is 1. The monoisotopic (exact) mass is 465 g/mol. The van der Waals surface area contributed by atoms with Gasteiger partial charge in [-0.2, -0.15) is 0 Å². The van der Waals surface area contributed by atoms with E-state index in [-0.39, 0.29) is 5.91 Å². The van der Waals surface area contributed by atoms with Crippen molar-refractivity contribution in [3.05, 3.63) is 70.3 Å². The van der Waals surface area contributed by atoms with Crippen LogP contribution in [-0.2, 0) is 4.79 Å². The first-order valence-electron chi connectivity index (χ1n) is 11.1. The quantitative estimate of drug-likeness (QED) is 0.531. The smallest absolute Gasteiger partial charge is 0.228 e. The third kappa shape index (κ3) is 4.13.